The molecule has 2 N–H and O–H groups in total. The number of phosphoric ester groups is 2. The minimum atomic E-state index is -4.19. The fraction of sp³-hybridized carbons (Fsp3) is 0.778. The van der Waals surface area contributed by atoms with Gasteiger partial charge in [0.2, 0.25) is 0 Å². The summed E-state index contributed by atoms with van der Waals surface area (Å²) in [6.07, 6.45) is 1.52. The summed E-state index contributed by atoms with van der Waals surface area (Å²) < 4.78 is 39.0. The van der Waals surface area contributed by atoms with Crippen LogP contribution in [0.2, 0.25) is 0 Å². The van der Waals surface area contributed by atoms with E-state index in [1.807, 2.05) is 20.3 Å². The molecule has 0 bridgehead atoms. The monoisotopic (exact) mass is 409 g/mol. The van der Waals surface area contributed by atoms with Crippen LogP contribution in [-0.2, 0) is 59.9 Å². The molecule has 0 spiro atoms. The van der Waals surface area contributed by atoms with Crippen molar-refractivity contribution in [3.05, 3.63) is 13.5 Å². The van der Waals surface area contributed by atoms with Crippen molar-refractivity contribution in [1.29, 1.82) is 0 Å². The molecule has 2 atom stereocenters. The van der Waals surface area contributed by atoms with E-state index in [0.717, 1.165) is 0 Å². The summed E-state index contributed by atoms with van der Waals surface area (Å²) in [6, 6.07) is 0. The van der Waals surface area contributed by atoms with E-state index in [9.17, 15) is 9.13 Å². The van der Waals surface area contributed by atoms with Gasteiger partial charge in [-0.15, -0.1) is 0 Å². The maximum atomic E-state index is 11.1. The van der Waals surface area contributed by atoms with Crippen LogP contribution >= 0.6 is 15.6 Å². The molecule has 11 heteroatoms. The summed E-state index contributed by atoms with van der Waals surface area (Å²) in [5, 5.41) is 0. The number of rotatable bonds is 8. The molecule has 2 unspecified atom stereocenters. The molecule has 0 aliphatic heterocycles. The molecule has 0 aliphatic rings. The molecular weight excluding hydrogens is 387 g/mol. The second-order valence-corrected chi connectivity index (χ2v) is 6.32. The van der Waals surface area contributed by atoms with Crippen molar-refractivity contribution in [3.8, 4) is 0 Å². The predicted octanol–water partition coefficient (Wildman–Crippen LogP) is 2.68. The molecule has 0 saturated heterocycles. The molecule has 1 radical (unpaired) electrons. The van der Waals surface area contributed by atoms with Crippen molar-refractivity contribution in [3.63, 3.8) is 0 Å². The van der Waals surface area contributed by atoms with Crippen molar-refractivity contribution in [1.82, 2.24) is 0 Å². The average Bonchev–Trinajstić information content (AvgIpc) is 2.24. The Hall–Kier alpha value is 1.32. The van der Waals surface area contributed by atoms with E-state index in [1.165, 1.54) is 0 Å². The van der Waals surface area contributed by atoms with Gasteiger partial charge in [-0.1, -0.05) is 0 Å². The Kier molecular flexibility index (Phi) is 18.3. The average molecular weight is 409 g/mol. The Bertz CT molecular complexity index is 312. The van der Waals surface area contributed by atoms with Crippen LogP contribution in [0, 0.1) is 13.5 Å². The molecule has 0 aromatic carbocycles. The van der Waals surface area contributed by atoms with Gasteiger partial charge in [-0.3, -0.25) is 13.6 Å². The first-order valence-corrected chi connectivity index (χ1v) is 8.40. The third kappa shape index (κ3) is 19.3. The number of phosphoric acid groups is 2. The first kappa shape index (κ1) is 26.2. The molecule has 0 aliphatic carbocycles. The second-order valence-electron chi connectivity index (χ2n) is 3.46. The molecule has 0 amide bonds. The standard InChI is InChI=1S/C6H15O8P2.C3H7.Y/c1-6(2)14-16(9,10)13-5-4-12-15(7,8)11-3;1-3-2;/h6H,3-5H2,1-2H3,(H,7,8)(H,9,10);3H,1-2H3;/q2*-1;. The van der Waals surface area contributed by atoms with E-state index in [1.54, 1.807) is 13.8 Å². The number of hydrogen-bond donors (Lipinski definition) is 2. The minimum Gasteiger partial charge on any atom is -0.467 e. The van der Waals surface area contributed by atoms with Gasteiger partial charge in [0.15, 0.2) is 0 Å². The van der Waals surface area contributed by atoms with Crippen molar-refractivity contribution in [2.24, 2.45) is 0 Å². The van der Waals surface area contributed by atoms with E-state index in [0.29, 0.717) is 0 Å². The van der Waals surface area contributed by atoms with Gasteiger partial charge in [-0.25, -0.2) is 16.2 Å². The van der Waals surface area contributed by atoms with Crippen LogP contribution in [0.1, 0.15) is 27.7 Å². The molecule has 8 nitrogen and oxygen atoms in total. The van der Waals surface area contributed by atoms with Crippen molar-refractivity contribution >= 4 is 15.6 Å². The smallest absolute Gasteiger partial charge is 0.467 e. The largest absolute Gasteiger partial charge is 0.472 e. The molecule has 0 aromatic heterocycles. The van der Waals surface area contributed by atoms with Gasteiger partial charge >= 0.3 is 15.6 Å². The van der Waals surface area contributed by atoms with Crippen LogP contribution < -0.4 is 0 Å². The zero-order valence-electron chi connectivity index (χ0n) is 12.1. The maximum absolute atomic E-state index is 11.1. The molecule has 0 heterocycles. The Morgan fingerprint density at radius 3 is 1.75 bits per heavy atom. The number of hydrogen-bond acceptors (Lipinski definition) is 6. The molecule has 0 fully saturated rings. The molecule has 121 valence electrons. The van der Waals surface area contributed by atoms with E-state index >= 15 is 0 Å². The fourth-order valence-corrected chi connectivity index (χ4v) is 1.92. The van der Waals surface area contributed by atoms with Crippen LogP contribution in [0.25, 0.3) is 0 Å². The topological polar surface area (TPSA) is 112 Å². The summed E-state index contributed by atoms with van der Waals surface area (Å²) in [6.45, 7) is 6.31. The third-order valence-corrected chi connectivity index (χ3v) is 3.13. The fourth-order valence-electron chi connectivity index (χ4n) is 0.639. The van der Waals surface area contributed by atoms with E-state index in [4.69, 9.17) is 9.79 Å². The Labute approximate surface area is 145 Å². The van der Waals surface area contributed by atoms with E-state index in [-0.39, 0.29) is 32.7 Å². The summed E-state index contributed by atoms with van der Waals surface area (Å²) in [7, 11) is -5.62. The Balaban J connectivity index is -0.000000657. The van der Waals surface area contributed by atoms with Crippen LogP contribution in [0.15, 0.2) is 0 Å². The van der Waals surface area contributed by atoms with Gasteiger partial charge in [0.25, 0.3) is 0 Å². The summed E-state index contributed by atoms with van der Waals surface area (Å²) in [5.41, 5.74) is 0. The molecule has 20 heavy (non-hydrogen) atoms. The normalized spacial score (nSPS) is 16.4. The molecular formula is C9H22O8P2Y-2. The van der Waals surface area contributed by atoms with E-state index in [2.05, 4.69) is 25.2 Å². The van der Waals surface area contributed by atoms with Gasteiger partial charge in [-0.05, 0) is 13.8 Å². The van der Waals surface area contributed by atoms with Crippen LogP contribution in [0.3, 0.4) is 0 Å². The van der Waals surface area contributed by atoms with Crippen molar-refractivity contribution in [2.45, 2.75) is 33.8 Å². The zero-order chi connectivity index (χ0) is 15.5. The first-order chi connectivity index (χ1) is 8.60. The summed E-state index contributed by atoms with van der Waals surface area (Å²) in [5.74, 6) is 0. The van der Waals surface area contributed by atoms with Gasteiger partial charge in [0, 0.05) is 32.7 Å². The molecule has 0 rings (SSSR count). The Morgan fingerprint density at radius 1 is 1.10 bits per heavy atom. The van der Waals surface area contributed by atoms with E-state index < -0.39 is 35.0 Å². The van der Waals surface area contributed by atoms with Crippen molar-refractivity contribution in [2.75, 3.05) is 13.2 Å². The maximum Gasteiger partial charge on any atom is 0.472 e. The van der Waals surface area contributed by atoms with Gasteiger partial charge in [0.05, 0.1) is 19.3 Å². The quantitative estimate of drug-likeness (QED) is 0.358. The third-order valence-electron chi connectivity index (χ3n) is 1.10. The summed E-state index contributed by atoms with van der Waals surface area (Å²) >= 11 is 0. The molecule has 0 aromatic rings. The SMILES string of the molecule is C[CH-]C.[CH2-]OP(=O)(O)OCCOP(=O)(O)OC(C)C.[Y]. The minimum absolute atomic E-state index is 0. The van der Waals surface area contributed by atoms with Crippen molar-refractivity contribution < 1.29 is 69.7 Å². The van der Waals surface area contributed by atoms with Crippen LogP contribution in [-0.4, -0.2) is 29.1 Å². The predicted molar refractivity (Wildman–Crippen MR) is 69.9 cm³/mol. The molecule has 0 saturated carbocycles. The van der Waals surface area contributed by atoms with Crippen LogP contribution in [0.4, 0.5) is 0 Å². The summed E-state index contributed by atoms with van der Waals surface area (Å²) in [4.78, 5) is 17.8. The van der Waals surface area contributed by atoms with Gasteiger partial charge in [0.1, 0.15) is 0 Å². The van der Waals surface area contributed by atoms with Gasteiger partial charge in [-0.2, -0.15) is 13.8 Å². The Morgan fingerprint density at radius 2 is 1.45 bits per heavy atom. The second kappa shape index (κ2) is 14.0. The first-order valence-electron chi connectivity index (χ1n) is 5.41. The van der Waals surface area contributed by atoms with Crippen LogP contribution in [0.5, 0.6) is 0 Å². The zero-order valence-corrected chi connectivity index (χ0v) is 16.7. The van der Waals surface area contributed by atoms with Gasteiger partial charge < -0.3 is 20.7 Å².